The summed E-state index contributed by atoms with van der Waals surface area (Å²) in [4.78, 5) is 33.0. The molecule has 0 radical (unpaired) electrons. The Kier molecular flexibility index (Phi) is 3.94. The maximum absolute atomic E-state index is 15.0. The molecular weight excluding hydrogens is 363 g/mol. The van der Waals surface area contributed by atoms with Crippen molar-refractivity contribution in [2.75, 3.05) is 25.0 Å². The van der Waals surface area contributed by atoms with Gasteiger partial charge in [-0.15, -0.1) is 0 Å². The number of likely N-dealkylation sites (N-methyl/N-ethyl adjacent to an activating group) is 1. The maximum Gasteiger partial charge on any atom is 0.341 e. The fourth-order valence-electron chi connectivity index (χ4n) is 4.74. The minimum absolute atomic E-state index is 0.0431. The highest BCUT2D eigenvalue weighted by molar-refractivity contribution is 5.92. The van der Waals surface area contributed by atoms with E-state index in [2.05, 4.69) is 16.9 Å². The molecule has 5 rings (SSSR count). The molecule has 1 unspecified atom stereocenters. The lowest BCUT2D eigenvalue weighted by molar-refractivity contribution is 0.0695. The average Bonchev–Trinajstić information content (AvgIpc) is 3.43. The van der Waals surface area contributed by atoms with Crippen molar-refractivity contribution < 1.29 is 14.3 Å². The molecule has 2 aromatic rings. The first-order chi connectivity index (χ1) is 13.4. The molecule has 3 fully saturated rings. The summed E-state index contributed by atoms with van der Waals surface area (Å²) in [5.74, 6) is -1.59. The first-order valence-corrected chi connectivity index (χ1v) is 9.89. The van der Waals surface area contributed by atoms with Crippen LogP contribution in [0.4, 0.5) is 10.2 Å². The molecule has 8 heteroatoms. The van der Waals surface area contributed by atoms with E-state index in [1.165, 1.54) is 18.7 Å². The van der Waals surface area contributed by atoms with Gasteiger partial charge in [0.25, 0.3) is 0 Å². The van der Waals surface area contributed by atoms with E-state index >= 15 is 4.39 Å². The van der Waals surface area contributed by atoms with Crippen molar-refractivity contribution in [1.82, 2.24) is 14.5 Å². The van der Waals surface area contributed by atoms with Gasteiger partial charge >= 0.3 is 5.97 Å². The summed E-state index contributed by atoms with van der Waals surface area (Å²) in [5.41, 5.74) is -0.620. The van der Waals surface area contributed by atoms with E-state index in [9.17, 15) is 14.7 Å². The number of rotatable bonds is 3. The van der Waals surface area contributed by atoms with E-state index in [0.717, 1.165) is 32.2 Å². The third-order valence-electron chi connectivity index (χ3n) is 6.56. The number of aromatic nitrogens is 2. The Balaban J connectivity index is 1.64. The molecule has 0 aromatic carbocycles. The highest BCUT2D eigenvalue weighted by Crippen LogP contribution is 2.37. The maximum atomic E-state index is 15.0. The van der Waals surface area contributed by atoms with Crippen molar-refractivity contribution in [3.63, 3.8) is 0 Å². The summed E-state index contributed by atoms with van der Waals surface area (Å²) in [6.45, 7) is 1.44. The van der Waals surface area contributed by atoms with Crippen molar-refractivity contribution in [1.29, 1.82) is 0 Å². The first kappa shape index (κ1) is 17.6. The van der Waals surface area contributed by atoms with Crippen molar-refractivity contribution in [3.8, 4) is 0 Å². The number of halogens is 1. The smallest absolute Gasteiger partial charge is 0.341 e. The lowest BCUT2D eigenvalue weighted by Gasteiger charge is -2.27. The van der Waals surface area contributed by atoms with Gasteiger partial charge in [-0.1, -0.05) is 0 Å². The van der Waals surface area contributed by atoms with Crippen LogP contribution in [0.5, 0.6) is 0 Å². The molecule has 3 aliphatic rings. The van der Waals surface area contributed by atoms with Crippen LogP contribution in [0.1, 0.15) is 48.5 Å². The van der Waals surface area contributed by atoms with Gasteiger partial charge in [-0.2, -0.15) is 0 Å². The summed E-state index contributed by atoms with van der Waals surface area (Å²) in [6.07, 6.45) is 6.42. The lowest BCUT2D eigenvalue weighted by Crippen LogP contribution is -2.37. The molecule has 2 atom stereocenters. The highest BCUT2D eigenvalue weighted by Gasteiger charge is 2.36. The molecule has 2 bridgehead atoms. The number of aromatic carboxylic acids is 1. The van der Waals surface area contributed by atoms with E-state index in [0.29, 0.717) is 24.3 Å². The summed E-state index contributed by atoms with van der Waals surface area (Å²) in [7, 11) is 2.13. The molecule has 4 heterocycles. The van der Waals surface area contributed by atoms with Crippen LogP contribution in [0.3, 0.4) is 0 Å². The quantitative estimate of drug-likeness (QED) is 0.872. The molecule has 1 aliphatic carbocycles. The molecule has 148 valence electrons. The molecule has 0 amide bonds. The zero-order valence-corrected chi connectivity index (χ0v) is 15.8. The number of anilines is 1. The van der Waals surface area contributed by atoms with E-state index in [4.69, 9.17) is 0 Å². The fraction of sp³-hybridized carbons (Fsp3) is 0.550. The number of hydrogen-bond acceptors (Lipinski definition) is 5. The number of pyridine rings is 2. The van der Waals surface area contributed by atoms with Gasteiger partial charge in [-0.3, -0.25) is 9.69 Å². The Morgan fingerprint density at radius 2 is 1.89 bits per heavy atom. The SMILES string of the molecule is CN1C2CC[C@@H]1CCN(c1nc3c(cc1F)c(=O)c(C(=O)O)cn3C1CC1)C2. The summed E-state index contributed by atoms with van der Waals surface area (Å²) in [5, 5.41) is 9.40. The number of carboxylic acid groups (broad SMARTS) is 1. The fourth-order valence-corrected chi connectivity index (χ4v) is 4.74. The van der Waals surface area contributed by atoms with Gasteiger partial charge < -0.3 is 14.6 Å². The summed E-state index contributed by atoms with van der Waals surface area (Å²) < 4.78 is 16.8. The van der Waals surface area contributed by atoms with E-state index in [1.807, 2.05) is 4.90 Å². The minimum atomic E-state index is -1.29. The van der Waals surface area contributed by atoms with E-state index in [-0.39, 0.29) is 22.8 Å². The predicted molar refractivity (Wildman–Crippen MR) is 103 cm³/mol. The number of nitrogens with zero attached hydrogens (tertiary/aromatic N) is 4. The van der Waals surface area contributed by atoms with Crippen LogP contribution in [0.2, 0.25) is 0 Å². The molecule has 0 spiro atoms. The van der Waals surface area contributed by atoms with Crippen LogP contribution in [0.15, 0.2) is 17.1 Å². The molecule has 1 N–H and O–H groups in total. The number of hydrogen-bond donors (Lipinski definition) is 1. The zero-order chi connectivity index (χ0) is 19.6. The van der Waals surface area contributed by atoms with Gasteiger partial charge in [0.2, 0.25) is 5.43 Å². The van der Waals surface area contributed by atoms with Gasteiger partial charge in [0, 0.05) is 37.4 Å². The Bertz CT molecular complexity index is 1030. The third-order valence-corrected chi connectivity index (χ3v) is 6.56. The second-order valence-corrected chi connectivity index (χ2v) is 8.27. The summed E-state index contributed by atoms with van der Waals surface area (Å²) >= 11 is 0. The lowest BCUT2D eigenvalue weighted by atomic mass is 10.1. The van der Waals surface area contributed by atoms with Gasteiger partial charge in [-0.05, 0) is 45.2 Å². The van der Waals surface area contributed by atoms with E-state index in [1.54, 1.807) is 4.57 Å². The topological polar surface area (TPSA) is 78.7 Å². The van der Waals surface area contributed by atoms with Crippen LogP contribution < -0.4 is 10.3 Å². The van der Waals surface area contributed by atoms with Gasteiger partial charge in [0.05, 0.1) is 5.39 Å². The minimum Gasteiger partial charge on any atom is -0.477 e. The number of carbonyl (C=O) groups is 1. The first-order valence-electron chi connectivity index (χ1n) is 9.89. The Morgan fingerprint density at radius 3 is 2.61 bits per heavy atom. The molecular formula is C20H23FN4O3. The molecule has 7 nitrogen and oxygen atoms in total. The zero-order valence-electron chi connectivity index (χ0n) is 15.8. The standard InChI is InChI=1S/C20H23FN4O3/c1-23-11-2-5-13(23)9-24(7-6-11)19-16(21)8-14-17(26)15(20(27)28)10-25(12-3-4-12)18(14)22-19/h8,10-13H,2-7,9H2,1H3,(H,27,28)/t11-,13?/m1/s1. The van der Waals surface area contributed by atoms with Crippen LogP contribution in [0, 0.1) is 5.82 Å². The molecule has 1 saturated carbocycles. The highest BCUT2D eigenvalue weighted by atomic mass is 19.1. The van der Waals surface area contributed by atoms with Crippen LogP contribution in [-0.2, 0) is 0 Å². The normalized spacial score (nSPS) is 25.3. The van der Waals surface area contributed by atoms with Crippen molar-refractivity contribution in [2.45, 2.75) is 50.2 Å². The second-order valence-electron chi connectivity index (χ2n) is 8.27. The molecule has 2 saturated heterocycles. The second kappa shape index (κ2) is 6.27. The largest absolute Gasteiger partial charge is 0.477 e. The Hall–Kier alpha value is -2.48. The molecule has 2 aromatic heterocycles. The summed E-state index contributed by atoms with van der Waals surface area (Å²) in [6, 6.07) is 2.21. The third kappa shape index (κ3) is 2.70. The van der Waals surface area contributed by atoms with Crippen LogP contribution in [0.25, 0.3) is 11.0 Å². The van der Waals surface area contributed by atoms with Crippen molar-refractivity contribution in [2.24, 2.45) is 0 Å². The van der Waals surface area contributed by atoms with Crippen LogP contribution >= 0.6 is 0 Å². The van der Waals surface area contributed by atoms with Gasteiger partial charge in [-0.25, -0.2) is 14.2 Å². The van der Waals surface area contributed by atoms with Gasteiger partial charge in [0.15, 0.2) is 11.6 Å². The predicted octanol–water partition coefficient (Wildman–Crippen LogP) is 2.24. The van der Waals surface area contributed by atoms with Gasteiger partial charge in [0.1, 0.15) is 11.2 Å². The molecule has 28 heavy (non-hydrogen) atoms. The van der Waals surface area contributed by atoms with E-state index < -0.39 is 17.2 Å². The molecule has 2 aliphatic heterocycles. The Morgan fingerprint density at radius 1 is 1.18 bits per heavy atom. The average molecular weight is 386 g/mol. The number of fused-ring (bicyclic) bond motifs is 3. The number of carboxylic acids is 1. The van der Waals surface area contributed by atoms with Crippen molar-refractivity contribution >= 4 is 22.8 Å². The Labute approximate surface area is 161 Å². The monoisotopic (exact) mass is 386 g/mol. The van der Waals surface area contributed by atoms with Crippen LogP contribution in [-0.4, -0.2) is 57.7 Å². The van der Waals surface area contributed by atoms with Crippen molar-refractivity contribution in [3.05, 3.63) is 33.9 Å².